The van der Waals surface area contributed by atoms with Gasteiger partial charge in [-0.1, -0.05) is 36.8 Å². The van der Waals surface area contributed by atoms with Gasteiger partial charge in [0.05, 0.1) is 5.75 Å². The molecule has 1 aromatic rings. The molecule has 0 aliphatic heterocycles. The van der Waals surface area contributed by atoms with Crippen LogP contribution in [0, 0.1) is 17.8 Å². The summed E-state index contributed by atoms with van der Waals surface area (Å²) in [5.41, 5.74) is 7.17. The average molecular weight is 416 g/mol. The van der Waals surface area contributed by atoms with Crippen molar-refractivity contribution in [1.82, 2.24) is 10.0 Å². The molecule has 2 aliphatic carbocycles. The second-order valence-electron chi connectivity index (χ2n) is 7.61. The van der Waals surface area contributed by atoms with E-state index in [1.54, 1.807) is 0 Å². The predicted molar refractivity (Wildman–Crippen MR) is 109 cm³/mol. The van der Waals surface area contributed by atoms with Crippen LogP contribution in [-0.2, 0) is 21.4 Å². The third-order valence-corrected chi connectivity index (χ3v) is 7.12. The Balaban J connectivity index is 0.00000261. The minimum Gasteiger partial charge on any atom is -0.355 e. The summed E-state index contributed by atoms with van der Waals surface area (Å²) >= 11 is 0. The van der Waals surface area contributed by atoms with Crippen LogP contribution < -0.4 is 15.8 Å². The second-order valence-corrected chi connectivity index (χ2v) is 9.54. The smallest absolute Gasteiger partial charge is 0.223 e. The summed E-state index contributed by atoms with van der Waals surface area (Å²) in [6, 6.07) is 9.60. The first-order valence-electron chi connectivity index (χ1n) is 9.49. The van der Waals surface area contributed by atoms with Crippen LogP contribution in [0.4, 0.5) is 0 Å². The van der Waals surface area contributed by atoms with E-state index in [2.05, 4.69) is 10.0 Å². The fourth-order valence-corrected chi connectivity index (χ4v) is 5.22. The van der Waals surface area contributed by atoms with Gasteiger partial charge < -0.3 is 11.1 Å². The number of halogens is 1. The number of sulfonamides is 1. The molecule has 0 spiro atoms. The minimum atomic E-state index is -3.41. The summed E-state index contributed by atoms with van der Waals surface area (Å²) in [5.74, 6) is 0.728. The highest BCUT2D eigenvalue weighted by molar-refractivity contribution is 7.89. The molecule has 8 heteroatoms. The van der Waals surface area contributed by atoms with E-state index in [4.69, 9.17) is 5.73 Å². The molecule has 152 valence electrons. The van der Waals surface area contributed by atoms with E-state index in [1.807, 2.05) is 30.3 Å². The first-order valence-corrected chi connectivity index (χ1v) is 11.1. The Kier molecular flexibility index (Phi) is 8.09. The summed E-state index contributed by atoms with van der Waals surface area (Å²) in [4.78, 5) is 12.4. The largest absolute Gasteiger partial charge is 0.355 e. The molecular formula is C19H30ClN3O3S. The standard InChI is InChI=1S/C19H29N3O3S.ClH/c20-18-15-7-4-8-16(18)12-17(11-15)19(23)21-9-10-26(24,25)22-13-14-5-2-1-3-6-14;/h1-3,5-6,15-18,22H,4,7-13,20H2,(H,21,23);1H. The van der Waals surface area contributed by atoms with E-state index in [1.165, 1.54) is 6.42 Å². The van der Waals surface area contributed by atoms with Crippen molar-refractivity contribution in [3.63, 3.8) is 0 Å². The van der Waals surface area contributed by atoms with E-state index < -0.39 is 10.0 Å². The SMILES string of the molecule is Cl.NC1C2CCCC1CC(C(=O)NCCS(=O)(=O)NCc1ccccc1)C2. The fraction of sp³-hybridized carbons (Fsp3) is 0.632. The van der Waals surface area contributed by atoms with Crippen LogP contribution in [0.25, 0.3) is 0 Å². The number of carbonyl (C=O) groups excluding carboxylic acids is 1. The molecule has 2 saturated carbocycles. The Labute approximate surface area is 168 Å². The van der Waals surface area contributed by atoms with E-state index in [9.17, 15) is 13.2 Å². The number of benzene rings is 1. The number of hydrogen-bond acceptors (Lipinski definition) is 4. The third-order valence-electron chi connectivity index (χ3n) is 5.79. The van der Waals surface area contributed by atoms with Gasteiger partial charge in [0.15, 0.2) is 0 Å². The van der Waals surface area contributed by atoms with Gasteiger partial charge in [-0.25, -0.2) is 13.1 Å². The molecule has 2 unspecified atom stereocenters. The molecule has 0 heterocycles. The van der Waals surface area contributed by atoms with Crippen LogP contribution in [0.3, 0.4) is 0 Å². The lowest BCUT2D eigenvalue weighted by atomic mass is 9.65. The van der Waals surface area contributed by atoms with E-state index >= 15 is 0 Å². The number of nitrogens with two attached hydrogens (primary N) is 1. The molecule has 1 aromatic carbocycles. The lowest BCUT2D eigenvalue weighted by Crippen LogP contribution is -2.49. The van der Waals surface area contributed by atoms with Crippen molar-refractivity contribution < 1.29 is 13.2 Å². The van der Waals surface area contributed by atoms with Crippen LogP contribution >= 0.6 is 12.4 Å². The molecule has 2 aliphatic rings. The van der Waals surface area contributed by atoms with Crippen molar-refractivity contribution in [1.29, 1.82) is 0 Å². The average Bonchev–Trinajstić information content (AvgIpc) is 2.60. The summed E-state index contributed by atoms with van der Waals surface area (Å²) in [7, 11) is -3.41. The van der Waals surface area contributed by atoms with Crippen molar-refractivity contribution in [2.75, 3.05) is 12.3 Å². The van der Waals surface area contributed by atoms with Crippen LogP contribution in [0.2, 0.25) is 0 Å². The Morgan fingerprint density at radius 3 is 2.37 bits per heavy atom. The first-order chi connectivity index (χ1) is 12.4. The van der Waals surface area contributed by atoms with Gasteiger partial charge in [0.1, 0.15) is 0 Å². The molecule has 27 heavy (non-hydrogen) atoms. The number of amides is 1. The molecule has 0 aromatic heterocycles. The highest BCUT2D eigenvalue weighted by atomic mass is 35.5. The molecule has 0 radical (unpaired) electrons. The molecule has 1 amide bonds. The molecular weight excluding hydrogens is 386 g/mol. The first kappa shape index (κ1) is 22.1. The molecule has 6 nitrogen and oxygen atoms in total. The summed E-state index contributed by atoms with van der Waals surface area (Å²) in [6.07, 6.45) is 5.10. The normalized spacial score (nSPS) is 27.4. The van der Waals surface area contributed by atoms with Gasteiger partial charge in [-0.05, 0) is 43.1 Å². The number of carbonyl (C=O) groups is 1. The van der Waals surface area contributed by atoms with Gasteiger partial charge in [0, 0.05) is 25.0 Å². The minimum absolute atomic E-state index is 0. The van der Waals surface area contributed by atoms with Crippen molar-refractivity contribution in [2.45, 2.75) is 44.7 Å². The van der Waals surface area contributed by atoms with Crippen molar-refractivity contribution in [3.05, 3.63) is 35.9 Å². The molecule has 0 saturated heterocycles. The summed E-state index contributed by atoms with van der Waals surface area (Å²) in [6.45, 7) is 0.405. The maximum absolute atomic E-state index is 12.4. The molecule has 2 bridgehead atoms. The Hall–Kier alpha value is -1.15. The van der Waals surface area contributed by atoms with Gasteiger partial charge in [-0.2, -0.15) is 0 Å². The maximum atomic E-state index is 12.4. The molecule has 4 N–H and O–H groups in total. The van der Waals surface area contributed by atoms with Crippen LogP contribution in [0.15, 0.2) is 30.3 Å². The van der Waals surface area contributed by atoms with Crippen molar-refractivity contribution in [3.8, 4) is 0 Å². The maximum Gasteiger partial charge on any atom is 0.223 e. The van der Waals surface area contributed by atoms with Gasteiger partial charge in [0.2, 0.25) is 15.9 Å². The van der Waals surface area contributed by atoms with E-state index in [0.717, 1.165) is 31.2 Å². The second kappa shape index (κ2) is 9.87. The monoisotopic (exact) mass is 415 g/mol. The van der Waals surface area contributed by atoms with Crippen molar-refractivity contribution >= 4 is 28.3 Å². The van der Waals surface area contributed by atoms with Gasteiger partial charge in [0.25, 0.3) is 0 Å². The lowest BCUT2D eigenvalue weighted by molar-refractivity contribution is -0.127. The third kappa shape index (κ3) is 6.17. The Morgan fingerprint density at radius 1 is 1.11 bits per heavy atom. The lowest BCUT2D eigenvalue weighted by Gasteiger charge is -2.43. The highest BCUT2D eigenvalue weighted by Crippen LogP contribution is 2.41. The number of hydrogen-bond donors (Lipinski definition) is 3. The van der Waals surface area contributed by atoms with Gasteiger partial charge in [-0.3, -0.25) is 4.79 Å². The highest BCUT2D eigenvalue weighted by Gasteiger charge is 2.40. The van der Waals surface area contributed by atoms with E-state index in [-0.39, 0.29) is 49.1 Å². The van der Waals surface area contributed by atoms with Crippen LogP contribution in [0.5, 0.6) is 0 Å². The molecule has 3 rings (SSSR count). The zero-order valence-electron chi connectivity index (χ0n) is 15.5. The fourth-order valence-electron chi connectivity index (χ4n) is 4.32. The van der Waals surface area contributed by atoms with Gasteiger partial charge in [-0.15, -0.1) is 12.4 Å². The molecule has 2 fully saturated rings. The Morgan fingerprint density at radius 2 is 1.74 bits per heavy atom. The molecule has 2 atom stereocenters. The predicted octanol–water partition coefficient (Wildman–Crippen LogP) is 1.80. The summed E-state index contributed by atoms with van der Waals surface area (Å²) < 4.78 is 26.7. The Bertz CT molecular complexity index is 700. The number of fused-ring (bicyclic) bond motifs is 2. The zero-order valence-corrected chi connectivity index (χ0v) is 17.1. The number of rotatable bonds is 7. The number of nitrogens with one attached hydrogen (secondary N) is 2. The topological polar surface area (TPSA) is 101 Å². The van der Waals surface area contributed by atoms with Crippen LogP contribution in [0.1, 0.15) is 37.7 Å². The van der Waals surface area contributed by atoms with Gasteiger partial charge >= 0.3 is 0 Å². The summed E-state index contributed by atoms with van der Waals surface area (Å²) in [5, 5.41) is 2.81. The van der Waals surface area contributed by atoms with E-state index in [0.29, 0.717) is 11.8 Å². The quantitative estimate of drug-likeness (QED) is 0.631. The van der Waals surface area contributed by atoms with Crippen LogP contribution in [-0.4, -0.2) is 32.7 Å². The zero-order chi connectivity index (χ0) is 18.6. The van der Waals surface area contributed by atoms with Crippen molar-refractivity contribution in [2.24, 2.45) is 23.5 Å².